The number of ether oxygens (including phenoxy) is 1. The van der Waals surface area contributed by atoms with Gasteiger partial charge in [0.2, 0.25) is 5.91 Å². The number of nitrogens with zero attached hydrogens (tertiary/aromatic N) is 1. The maximum Gasteiger partial charge on any atom is 0.328 e. The molecule has 94 valence electrons. The van der Waals surface area contributed by atoms with Crippen LogP contribution in [0.3, 0.4) is 0 Å². The van der Waals surface area contributed by atoms with E-state index in [1.54, 1.807) is 12.3 Å². The fourth-order valence-corrected chi connectivity index (χ4v) is 2.18. The molecule has 0 spiro atoms. The molecule has 0 radical (unpaired) electrons. The minimum Gasteiger partial charge on any atom is -0.467 e. The van der Waals surface area contributed by atoms with Crippen molar-refractivity contribution in [3.05, 3.63) is 16.1 Å². The molecular weight excluding hydrogens is 264 g/mol. The van der Waals surface area contributed by atoms with Crippen molar-refractivity contribution in [1.82, 2.24) is 10.3 Å². The molecule has 5 nitrogen and oxygen atoms in total. The quantitative estimate of drug-likeness (QED) is 0.646. The number of hydrogen-bond acceptors (Lipinski definition) is 5. The van der Waals surface area contributed by atoms with E-state index in [1.165, 1.54) is 18.4 Å². The van der Waals surface area contributed by atoms with E-state index in [0.29, 0.717) is 10.9 Å². The Labute approximate surface area is 108 Å². The number of rotatable bonds is 5. The highest BCUT2D eigenvalue weighted by molar-refractivity contribution is 7.09. The molecule has 1 unspecified atom stereocenters. The number of carbonyl (C=O) groups is 2. The molecule has 0 fully saturated rings. The summed E-state index contributed by atoms with van der Waals surface area (Å²) in [6.07, 6.45) is 0.142. The first-order chi connectivity index (χ1) is 8.06. The van der Waals surface area contributed by atoms with Crippen molar-refractivity contribution in [2.45, 2.75) is 25.3 Å². The Morgan fingerprint density at radius 2 is 2.35 bits per heavy atom. The molecule has 1 rings (SSSR count). The standard InChI is InChI=1S/C10H13ClN2O3S/c1-6(10(15)16-2)12-8(14)3-9-13-7(4-11)5-17-9/h5-6H,3-4H2,1-2H3,(H,12,14). The fraction of sp³-hybridized carbons (Fsp3) is 0.500. The maximum absolute atomic E-state index is 11.6. The van der Waals surface area contributed by atoms with Crippen molar-refractivity contribution < 1.29 is 14.3 Å². The van der Waals surface area contributed by atoms with E-state index in [0.717, 1.165) is 5.69 Å². The third kappa shape index (κ3) is 4.32. The molecule has 0 aliphatic carbocycles. The molecule has 1 amide bonds. The average Bonchev–Trinajstić information content (AvgIpc) is 2.75. The highest BCUT2D eigenvalue weighted by atomic mass is 35.5. The van der Waals surface area contributed by atoms with Crippen LogP contribution in [0.5, 0.6) is 0 Å². The Morgan fingerprint density at radius 1 is 1.65 bits per heavy atom. The van der Waals surface area contributed by atoms with Crippen LogP contribution in [0.4, 0.5) is 0 Å². The Bertz CT molecular complexity index is 408. The first-order valence-electron chi connectivity index (χ1n) is 4.93. The first-order valence-corrected chi connectivity index (χ1v) is 6.34. The number of alkyl halides is 1. The highest BCUT2D eigenvalue weighted by Crippen LogP contribution is 2.12. The number of esters is 1. The summed E-state index contributed by atoms with van der Waals surface area (Å²) in [6, 6.07) is -0.653. The molecule has 1 atom stereocenters. The highest BCUT2D eigenvalue weighted by Gasteiger charge is 2.16. The molecule has 1 aromatic heterocycles. The van der Waals surface area contributed by atoms with Crippen molar-refractivity contribution >= 4 is 34.8 Å². The lowest BCUT2D eigenvalue weighted by molar-refractivity contribution is -0.144. The zero-order valence-electron chi connectivity index (χ0n) is 9.53. The second-order valence-electron chi connectivity index (χ2n) is 3.36. The third-order valence-corrected chi connectivity index (χ3v) is 3.15. The Hall–Kier alpha value is -1.14. The van der Waals surface area contributed by atoms with Gasteiger partial charge in [-0.25, -0.2) is 9.78 Å². The number of hydrogen-bond donors (Lipinski definition) is 1. The predicted octanol–water partition coefficient (Wildman–Crippen LogP) is 1.10. The maximum atomic E-state index is 11.6. The minimum atomic E-state index is -0.653. The van der Waals surface area contributed by atoms with Gasteiger partial charge in [0.05, 0.1) is 25.1 Å². The zero-order valence-corrected chi connectivity index (χ0v) is 11.1. The molecular formula is C10H13ClN2O3S. The monoisotopic (exact) mass is 276 g/mol. The lowest BCUT2D eigenvalue weighted by atomic mass is 10.3. The summed E-state index contributed by atoms with van der Waals surface area (Å²) >= 11 is 6.98. The SMILES string of the molecule is COC(=O)C(C)NC(=O)Cc1nc(CCl)cs1. The number of thiazole rings is 1. The van der Waals surface area contributed by atoms with Gasteiger partial charge in [0.25, 0.3) is 0 Å². The summed E-state index contributed by atoms with van der Waals surface area (Å²) in [7, 11) is 1.28. The zero-order chi connectivity index (χ0) is 12.8. The first kappa shape index (κ1) is 13.9. The fourth-order valence-electron chi connectivity index (χ4n) is 1.16. The van der Waals surface area contributed by atoms with Crippen LogP contribution in [0.1, 0.15) is 17.6 Å². The van der Waals surface area contributed by atoms with Crippen molar-refractivity contribution in [3.63, 3.8) is 0 Å². The molecule has 0 bridgehead atoms. The van der Waals surface area contributed by atoms with Crippen LogP contribution < -0.4 is 5.32 Å². The van der Waals surface area contributed by atoms with Gasteiger partial charge >= 0.3 is 5.97 Å². The number of methoxy groups -OCH3 is 1. The van der Waals surface area contributed by atoms with Crippen molar-refractivity contribution in [3.8, 4) is 0 Å². The smallest absolute Gasteiger partial charge is 0.328 e. The van der Waals surface area contributed by atoms with Crippen molar-refractivity contribution in [2.75, 3.05) is 7.11 Å². The van der Waals surface area contributed by atoms with Crippen molar-refractivity contribution in [1.29, 1.82) is 0 Å². The van der Waals surface area contributed by atoms with Crippen molar-refractivity contribution in [2.24, 2.45) is 0 Å². The van der Waals surface area contributed by atoms with E-state index >= 15 is 0 Å². The van der Waals surface area contributed by atoms with Crippen LogP contribution >= 0.6 is 22.9 Å². The molecule has 0 saturated carbocycles. The molecule has 7 heteroatoms. The van der Waals surface area contributed by atoms with Gasteiger partial charge in [-0.05, 0) is 6.92 Å². The average molecular weight is 277 g/mol. The predicted molar refractivity (Wildman–Crippen MR) is 65.0 cm³/mol. The van der Waals surface area contributed by atoms with Gasteiger partial charge in [-0.15, -0.1) is 22.9 Å². The number of nitrogens with one attached hydrogen (secondary N) is 1. The number of aromatic nitrogens is 1. The van der Waals surface area contributed by atoms with Gasteiger partial charge in [0.15, 0.2) is 0 Å². The van der Waals surface area contributed by atoms with E-state index in [9.17, 15) is 9.59 Å². The Morgan fingerprint density at radius 3 is 2.88 bits per heavy atom. The van der Waals surface area contributed by atoms with Crippen LogP contribution in [0, 0.1) is 0 Å². The summed E-state index contributed by atoms with van der Waals surface area (Å²) < 4.78 is 4.50. The van der Waals surface area contributed by atoms with Gasteiger partial charge < -0.3 is 10.1 Å². The summed E-state index contributed by atoms with van der Waals surface area (Å²) in [5.41, 5.74) is 0.750. The van der Waals surface area contributed by atoms with Crippen LogP contribution in [-0.4, -0.2) is 30.0 Å². The van der Waals surface area contributed by atoms with E-state index in [4.69, 9.17) is 11.6 Å². The van der Waals surface area contributed by atoms with E-state index in [1.807, 2.05) is 0 Å². The second kappa shape index (κ2) is 6.56. The van der Waals surface area contributed by atoms with E-state index < -0.39 is 12.0 Å². The molecule has 0 aromatic carbocycles. The number of halogens is 1. The molecule has 0 aliphatic heterocycles. The molecule has 17 heavy (non-hydrogen) atoms. The second-order valence-corrected chi connectivity index (χ2v) is 4.57. The van der Waals surface area contributed by atoms with Gasteiger partial charge in [0, 0.05) is 5.38 Å². The summed E-state index contributed by atoms with van der Waals surface area (Å²) in [4.78, 5) is 26.8. The van der Waals surface area contributed by atoms with Gasteiger partial charge in [-0.2, -0.15) is 0 Å². The van der Waals surface area contributed by atoms with Crippen LogP contribution in [0.25, 0.3) is 0 Å². The van der Waals surface area contributed by atoms with E-state index in [-0.39, 0.29) is 12.3 Å². The molecule has 1 N–H and O–H groups in total. The van der Waals surface area contributed by atoms with Crippen LogP contribution in [-0.2, 0) is 26.6 Å². The minimum absolute atomic E-state index is 0.142. The lowest BCUT2D eigenvalue weighted by Crippen LogP contribution is -2.39. The summed E-state index contributed by atoms with van der Waals surface area (Å²) in [5.74, 6) is -0.409. The van der Waals surface area contributed by atoms with Crippen LogP contribution in [0.2, 0.25) is 0 Å². The number of carbonyl (C=O) groups excluding carboxylic acids is 2. The van der Waals surface area contributed by atoms with Gasteiger partial charge in [-0.1, -0.05) is 0 Å². The third-order valence-electron chi connectivity index (χ3n) is 1.98. The van der Waals surface area contributed by atoms with Crippen LogP contribution in [0.15, 0.2) is 5.38 Å². The normalized spacial score (nSPS) is 11.9. The summed E-state index contributed by atoms with van der Waals surface area (Å²) in [6.45, 7) is 1.57. The number of amides is 1. The Kier molecular flexibility index (Phi) is 5.37. The molecule has 1 heterocycles. The van der Waals surface area contributed by atoms with Gasteiger partial charge in [0.1, 0.15) is 11.0 Å². The topological polar surface area (TPSA) is 68.3 Å². The lowest BCUT2D eigenvalue weighted by Gasteiger charge is -2.10. The van der Waals surface area contributed by atoms with Gasteiger partial charge in [-0.3, -0.25) is 4.79 Å². The molecule has 0 saturated heterocycles. The molecule has 0 aliphatic rings. The summed E-state index contributed by atoms with van der Waals surface area (Å²) in [5, 5.41) is 5.01. The van der Waals surface area contributed by atoms with E-state index in [2.05, 4.69) is 15.0 Å². The largest absolute Gasteiger partial charge is 0.467 e. The molecule has 1 aromatic rings. The Balaban J connectivity index is 2.46.